The molecule has 0 N–H and O–H groups in total. The van der Waals surface area contributed by atoms with E-state index in [1.54, 1.807) is 0 Å². The number of hydrogen-bond donors (Lipinski definition) is 0. The first-order valence-corrected chi connectivity index (χ1v) is 9.00. The molecule has 2 aromatic heterocycles. The van der Waals surface area contributed by atoms with Crippen molar-refractivity contribution in [2.75, 3.05) is 0 Å². The van der Waals surface area contributed by atoms with Gasteiger partial charge >= 0.3 is 5.97 Å². The second-order valence-corrected chi connectivity index (χ2v) is 6.87. The van der Waals surface area contributed by atoms with E-state index in [2.05, 4.69) is 21.7 Å². The molecule has 0 spiro atoms. The summed E-state index contributed by atoms with van der Waals surface area (Å²) in [6.45, 7) is 1.92. The third-order valence-electron chi connectivity index (χ3n) is 3.42. The average molecular weight is 344 g/mol. The molecule has 1 atom stereocenters. The van der Waals surface area contributed by atoms with Crippen molar-refractivity contribution in [3.63, 3.8) is 0 Å². The van der Waals surface area contributed by atoms with Crippen molar-refractivity contribution in [2.45, 2.75) is 25.9 Å². The van der Waals surface area contributed by atoms with E-state index >= 15 is 0 Å². The zero-order valence-electron chi connectivity index (χ0n) is 12.6. The minimum atomic E-state index is -0.344. The molecule has 0 bridgehead atoms. The van der Waals surface area contributed by atoms with Crippen LogP contribution in [0.2, 0.25) is 0 Å². The average Bonchev–Trinajstić information content (AvgIpc) is 3.24. The number of ether oxygens (including phenoxy) is 1. The normalized spacial score (nSPS) is 12.0. The first-order chi connectivity index (χ1) is 11.2. The number of nitrogens with zero attached hydrogens (tertiary/aromatic N) is 2. The third kappa shape index (κ3) is 4.03. The third-order valence-corrected chi connectivity index (χ3v) is 5.00. The van der Waals surface area contributed by atoms with Gasteiger partial charge in [0.1, 0.15) is 5.69 Å². The van der Waals surface area contributed by atoms with Gasteiger partial charge in [-0.15, -0.1) is 16.4 Å². The topological polar surface area (TPSA) is 52.1 Å². The molecule has 2 heterocycles. The Morgan fingerprint density at radius 3 is 2.78 bits per heavy atom. The molecule has 0 radical (unpaired) electrons. The second kappa shape index (κ2) is 7.48. The lowest BCUT2D eigenvalue weighted by atomic mass is 10.1. The van der Waals surface area contributed by atoms with Crippen molar-refractivity contribution in [1.29, 1.82) is 0 Å². The number of esters is 1. The first-order valence-electron chi connectivity index (χ1n) is 7.35. The fourth-order valence-corrected chi connectivity index (χ4v) is 3.55. The van der Waals surface area contributed by atoms with Crippen molar-refractivity contribution >= 4 is 28.8 Å². The Morgan fingerprint density at radius 1 is 1.22 bits per heavy atom. The van der Waals surface area contributed by atoms with Gasteiger partial charge in [-0.3, -0.25) is 0 Å². The highest BCUT2D eigenvalue weighted by molar-refractivity contribution is 7.14. The summed E-state index contributed by atoms with van der Waals surface area (Å²) in [6, 6.07) is 14.0. The number of aromatic nitrogens is 2. The number of rotatable bonds is 6. The van der Waals surface area contributed by atoms with E-state index in [1.165, 1.54) is 16.9 Å². The van der Waals surface area contributed by atoms with Crippen LogP contribution in [-0.2, 0) is 11.2 Å². The van der Waals surface area contributed by atoms with Crippen molar-refractivity contribution < 1.29 is 9.53 Å². The van der Waals surface area contributed by atoms with E-state index in [1.807, 2.05) is 42.6 Å². The lowest BCUT2D eigenvalue weighted by Crippen LogP contribution is -2.15. The molecule has 0 saturated heterocycles. The van der Waals surface area contributed by atoms with Gasteiger partial charge in [-0.2, -0.15) is 0 Å². The Hall–Kier alpha value is -2.05. The molecule has 0 amide bonds. The number of benzene rings is 1. The molecular weight excluding hydrogens is 328 g/mol. The van der Waals surface area contributed by atoms with E-state index in [0.717, 1.165) is 29.3 Å². The lowest BCUT2D eigenvalue weighted by Gasteiger charge is -2.12. The summed E-state index contributed by atoms with van der Waals surface area (Å²) in [5, 5.41) is 6.01. The Labute approximate surface area is 142 Å². The molecule has 3 rings (SSSR count). The predicted molar refractivity (Wildman–Crippen MR) is 92.9 cm³/mol. The summed E-state index contributed by atoms with van der Waals surface area (Å²) in [4.78, 5) is 13.8. The Morgan fingerprint density at radius 2 is 2.04 bits per heavy atom. The zero-order chi connectivity index (χ0) is 16.1. The number of aryl methyl sites for hydroxylation is 1. The fraction of sp³-hybridized carbons (Fsp3) is 0.235. The molecule has 0 fully saturated rings. The summed E-state index contributed by atoms with van der Waals surface area (Å²) in [7, 11) is 0. The van der Waals surface area contributed by atoms with Crippen molar-refractivity contribution in [2.24, 2.45) is 0 Å². The zero-order valence-corrected chi connectivity index (χ0v) is 14.3. The summed E-state index contributed by atoms with van der Waals surface area (Å²) in [5.41, 5.74) is 1.86. The molecule has 0 aliphatic heterocycles. The van der Waals surface area contributed by atoms with Crippen LogP contribution in [0, 0.1) is 0 Å². The maximum absolute atomic E-state index is 12.4. The molecule has 0 aliphatic carbocycles. The van der Waals surface area contributed by atoms with Crippen molar-refractivity contribution in [1.82, 2.24) is 9.59 Å². The number of hydrogen-bond acceptors (Lipinski definition) is 6. The molecule has 0 saturated carbocycles. The summed E-state index contributed by atoms with van der Waals surface area (Å²) in [5.74, 6) is -0.344. The SMILES string of the molecule is C[C@@H](CCc1ccccc1)OC(=O)c1snnc1-c1cccs1. The van der Waals surface area contributed by atoms with Crippen LogP contribution in [0.3, 0.4) is 0 Å². The maximum atomic E-state index is 12.4. The van der Waals surface area contributed by atoms with Crippen LogP contribution in [0.4, 0.5) is 0 Å². The quantitative estimate of drug-likeness (QED) is 0.620. The molecule has 23 heavy (non-hydrogen) atoms. The van der Waals surface area contributed by atoms with Crippen LogP contribution >= 0.6 is 22.9 Å². The minimum absolute atomic E-state index is 0.152. The number of thiophene rings is 1. The van der Waals surface area contributed by atoms with Gasteiger partial charge in [0.15, 0.2) is 4.88 Å². The van der Waals surface area contributed by atoms with Gasteiger partial charge in [0.25, 0.3) is 0 Å². The summed E-state index contributed by atoms with van der Waals surface area (Å²) >= 11 is 2.62. The molecule has 118 valence electrons. The number of carbonyl (C=O) groups is 1. The van der Waals surface area contributed by atoms with Gasteiger partial charge in [0.2, 0.25) is 0 Å². The van der Waals surface area contributed by atoms with Gasteiger partial charge in [0, 0.05) is 0 Å². The second-order valence-electron chi connectivity index (χ2n) is 5.17. The molecule has 1 aromatic carbocycles. The first kappa shape index (κ1) is 15.8. The number of carbonyl (C=O) groups excluding carboxylic acids is 1. The molecule has 6 heteroatoms. The highest BCUT2D eigenvalue weighted by atomic mass is 32.1. The van der Waals surface area contributed by atoms with Gasteiger partial charge in [-0.05, 0) is 48.3 Å². The fourth-order valence-electron chi connectivity index (χ4n) is 2.21. The van der Waals surface area contributed by atoms with E-state index in [4.69, 9.17) is 4.74 Å². The Balaban J connectivity index is 1.60. The largest absolute Gasteiger partial charge is 0.458 e. The van der Waals surface area contributed by atoms with E-state index in [-0.39, 0.29) is 12.1 Å². The van der Waals surface area contributed by atoms with Crippen LogP contribution in [-0.4, -0.2) is 21.7 Å². The predicted octanol–water partition coefficient (Wildman–Crippen LogP) is 4.44. The van der Waals surface area contributed by atoms with Crippen LogP contribution < -0.4 is 0 Å². The van der Waals surface area contributed by atoms with Gasteiger partial charge < -0.3 is 4.74 Å². The molecule has 0 aliphatic rings. The van der Waals surface area contributed by atoms with Gasteiger partial charge in [-0.25, -0.2) is 4.79 Å². The van der Waals surface area contributed by atoms with Crippen molar-refractivity contribution in [3.8, 4) is 10.6 Å². The van der Waals surface area contributed by atoms with Crippen LogP contribution in [0.25, 0.3) is 10.6 Å². The molecule has 0 unspecified atom stereocenters. The van der Waals surface area contributed by atoms with Gasteiger partial charge in [-0.1, -0.05) is 40.9 Å². The summed E-state index contributed by atoms with van der Waals surface area (Å²) in [6.07, 6.45) is 1.52. The minimum Gasteiger partial charge on any atom is -0.458 e. The van der Waals surface area contributed by atoms with E-state index < -0.39 is 0 Å². The standard InChI is InChI=1S/C17H16N2O2S2/c1-12(9-10-13-6-3-2-4-7-13)21-17(20)16-15(18-19-23-16)14-8-5-11-22-14/h2-8,11-12H,9-10H2,1H3/t12-/m0/s1. The molecule has 4 nitrogen and oxygen atoms in total. The lowest BCUT2D eigenvalue weighted by molar-refractivity contribution is 0.0332. The van der Waals surface area contributed by atoms with Crippen LogP contribution in [0.1, 0.15) is 28.6 Å². The Kier molecular flexibility index (Phi) is 5.15. The highest BCUT2D eigenvalue weighted by Crippen LogP contribution is 2.28. The molecular formula is C17H16N2O2S2. The highest BCUT2D eigenvalue weighted by Gasteiger charge is 2.21. The molecule has 3 aromatic rings. The van der Waals surface area contributed by atoms with Crippen LogP contribution in [0.15, 0.2) is 47.8 Å². The van der Waals surface area contributed by atoms with Crippen molar-refractivity contribution in [3.05, 3.63) is 58.3 Å². The monoisotopic (exact) mass is 344 g/mol. The van der Waals surface area contributed by atoms with Crippen LogP contribution in [0.5, 0.6) is 0 Å². The maximum Gasteiger partial charge on any atom is 0.352 e. The smallest absolute Gasteiger partial charge is 0.352 e. The Bertz CT molecular complexity index is 754. The van der Waals surface area contributed by atoms with E-state index in [9.17, 15) is 4.79 Å². The summed E-state index contributed by atoms with van der Waals surface area (Å²) < 4.78 is 9.45. The van der Waals surface area contributed by atoms with Gasteiger partial charge in [0.05, 0.1) is 11.0 Å². The van der Waals surface area contributed by atoms with E-state index in [0.29, 0.717) is 10.6 Å².